The molecule has 2 aromatic carbocycles. The summed E-state index contributed by atoms with van der Waals surface area (Å²) in [5.74, 6) is 2.74. The van der Waals surface area contributed by atoms with Gasteiger partial charge in [0.1, 0.15) is 5.82 Å². The molecule has 5 heteroatoms. The lowest BCUT2D eigenvalue weighted by molar-refractivity contribution is 0.174. The fourth-order valence-corrected chi connectivity index (χ4v) is 3.73. The number of ether oxygens (including phenoxy) is 2. The number of benzene rings is 2. The summed E-state index contributed by atoms with van der Waals surface area (Å²) in [5, 5.41) is 0. The summed E-state index contributed by atoms with van der Waals surface area (Å²) in [6.45, 7) is 8.46. The molecule has 0 atom stereocenters. The summed E-state index contributed by atoms with van der Waals surface area (Å²) >= 11 is 0. The van der Waals surface area contributed by atoms with Crippen LogP contribution in [0.2, 0.25) is 0 Å². The summed E-state index contributed by atoms with van der Waals surface area (Å²) < 4.78 is 13.4. The van der Waals surface area contributed by atoms with E-state index in [1.54, 1.807) is 0 Å². The van der Waals surface area contributed by atoms with Crippen molar-refractivity contribution in [1.82, 2.24) is 14.5 Å². The fourth-order valence-electron chi connectivity index (χ4n) is 3.73. The summed E-state index contributed by atoms with van der Waals surface area (Å²) in [6, 6.07) is 16.7. The first kappa shape index (κ1) is 19.5. The van der Waals surface area contributed by atoms with Gasteiger partial charge in [-0.2, -0.15) is 0 Å². The van der Waals surface area contributed by atoms with Crippen molar-refractivity contribution in [2.24, 2.45) is 0 Å². The van der Waals surface area contributed by atoms with Crippen LogP contribution in [-0.4, -0.2) is 27.8 Å². The molecule has 1 aromatic heterocycles. The number of fused-ring (bicyclic) bond motifs is 1. The third kappa shape index (κ3) is 4.46. The molecule has 5 nitrogen and oxygen atoms in total. The second kappa shape index (κ2) is 9.14. The van der Waals surface area contributed by atoms with E-state index < -0.39 is 0 Å². The van der Waals surface area contributed by atoms with E-state index in [1.807, 2.05) is 18.3 Å². The quantitative estimate of drug-likeness (QED) is 0.509. The summed E-state index contributed by atoms with van der Waals surface area (Å²) in [4.78, 5) is 7.22. The molecule has 4 rings (SSSR count). The molecule has 0 saturated carbocycles. The lowest BCUT2D eigenvalue weighted by Gasteiger charge is -2.22. The molecular formula is C24H29N3O2. The minimum absolute atomic E-state index is 0.315. The molecule has 1 aliphatic rings. The van der Waals surface area contributed by atoms with E-state index in [0.717, 1.165) is 49.9 Å². The smallest absolute Gasteiger partial charge is 0.231 e. The number of imidazole rings is 1. The Hall–Kier alpha value is -2.79. The van der Waals surface area contributed by atoms with Gasteiger partial charge in [0.05, 0.1) is 11.9 Å². The van der Waals surface area contributed by atoms with E-state index in [2.05, 4.69) is 59.7 Å². The molecule has 0 spiro atoms. The van der Waals surface area contributed by atoms with Crippen LogP contribution in [0.5, 0.6) is 11.5 Å². The number of hydrogen-bond acceptors (Lipinski definition) is 4. The summed E-state index contributed by atoms with van der Waals surface area (Å²) in [6.07, 6.45) is 4.36. The average Bonchev–Trinajstić information content (AvgIpc) is 3.38. The van der Waals surface area contributed by atoms with Crippen molar-refractivity contribution >= 4 is 0 Å². The summed E-state index contributed by atoms with van der Waals surface area (Å²) in [7, 11) is 0. The van der Waals surface area contributed by atoms with Gasteiger partial charge in [0.15, 0.2) is 11.5 Å². The van der Waals surface area contributed by atoms with Gasteiger partial charge in [-0.15, -0.1) is 0 Å². The van der Waals surface area contributed by atoms with Gasteiger partial charge < -0.3 is 14.0 Å². The van der Waals surface area contributed by atoms with Crippen molar-refractivity contribution in [3.8, 4) is 22.9 Å². The molecule has 2 heterocycles. The Morgan fingerprint density at radius 3 is 2.62 bits per heavy atom. The SMILES string of the molecule is CCCCn1c(CN(CC)Cc2ccc3c(c2)OCO3)cnc1-c1ccccc1. The second-order valence-electron chi connectivity index (χ2n) is 7.44. The first-order valence-electron chi connectivity index (χ1n) is 10.5. The molecule has 0 aliphatic carbocycles. The van der Waals surface area contributed by atoms with E-state index in [1.165, 1.54) is 23.2 Å². The van der Waals surface area contributed by atoms with Gasteiger partial charge in [-0.1, -0.05) is 56.7 Å². The van der Waals surface area contributed by atoms with Crippen molar-refractivity contribution in [2.75, 3.05) is 13.3 Å². The Morgan fingerprint density at radius 2 is 1.83 bits per heavy atom. The molecule has 0 unspecified atom stereocenters. The van der Waals surface area contributed by atoms with Gasteiger partial charge >= 0.3 is 0 Å². The highest BCUT2D eigenvalue weighted by molar-refractivity contribution is 5.55. The third-order valence-corrected chi connectivity index (χ3v) is 5.38. The lowest BCUT2D eigenvalue weighted by atomic mass is 10.2. The van der Waals surface area contributed by atoms with Crippen molar-refractivity contribution in [3.63, 3.8) is 0 Å². The van der Waals surface area contributed by atoms with Crippen molar-refractivity contribution in [2.45, 2.75) is 46.3 Å². The molecule has 3 aromatic rings. The molecule has 29 heavy (non-hydrogen) atoms. The van der Waals surface area contributed by atoms with E-state index in [4.69, 9.17) is 14.5 Å². The van der Waals surface area contributed by atoms with E-state index >= 15 is 0 Å². The molecule has 0 bridgehead atoms. The minimum Gasteiger partial charge on any atom is -0.454 e. The Balaban J connectivity index is 1.54. The maximum absolute atomic E-state index is 5.53. The van der Waals surface area contributed by atoms with Crippen LogP contribution in [0.15, 0.2) is 54.7 Å². The zero-order valence-electron chi connectivity index (χ0n) is 17.3. The molecule has 0 saturated heterocycles. The predicted octanol–water partition coefficient (Wildman–Crippen LogP) is 5.10. The Morgan fingerprint density at radius 1 is 1.00 bits per heavy atom. The van der Waals surface area contributed by atoms with Crippen LogP contribution >= 0.6 is 0 Å². The Kier molecular flexibility index (Phi) is 6.15. The molecule has 0 fully saturated rings. The standard InChI is InChI=1S/C24H29N3O2/c1-3-5-13-27-21(15-25-24(27)20-9-7-6-8-10-20)17-26(4-2)16-19-11-12-22-23(14-19)29-18-28-22/h6-12,14-15H,3-5,13,16-18H2,1-2H3. The largest absolute Gasteiger partial charge is 0.454 e. The van der Waals surface area contributed by atoms with Gasteiger partial charge in [0, 0.05) is 25.2 Å². The van der Waals surface area contributed by atoms with Crippen LogP contribution in [0.3, 0.4) is 0 Å². The Labute approximate surface area is 172 Å². The molecule has 1 aliphatic heterocycles. The zero-order chi connectivity index (χ0) is 20.1. The summed E-state index contributed by atoms with van der Waals surface area (Å²) in [5.41, 5.74) is 3.67. The maximum atomic E-state index is 5.53. The van der Waals surface area contributed by atoms with E-state index in [0.29, 0.717) is 6.79 Å². The minimum atomic E-state index is 0.315. The molecule has 0 radical (unpaired) electrons. The predicted molar refractivity (Wildman–Crippen MR) is 115 cm³/mol. The van der Waals surface area contributed by atoms with E-state index in [-0.39, 0.29) is 0 Å². The average molecular weight is 392 g/mol. The highest BCUT2D eigenvalue weighted by Gasteiger charge is 2.17. The second-order valence-corrected chi connectivity index (χ2v) is 7.44. The molecule has 0 amide bonds. The van der Waals surface area contributed by atoms with E-state index in [9.17, 15) is 0 Å². The van der Waals surface area contributed by atoms with Gasteiger partial charge in [-0.05, 0) is 30.7 Å². The van der Waals surface area contributed by atoms with Crippen LogP contribution in [0.25, 0.3) is 11.4 Å². The lowest BCUT2D eigenvalue weighted by Crippen LogP contribution is -2.24. The maximum Gasteiger partial charge on any atom is 0.231 e. The van der Waals surface area contributed by atoms with Crippen molar-refractivity contribution in [1.29, 1.82) is 0 Å². The highest BCUT2D eigenvalue weighted by Crippen LogP contribution is 2.33. The van der Waals surface area contributed by atoms with Crippen LogP contribution in [0.4, 0.5) is 0 Å². The van der Waals surface area contributed by atoms with Gasteiger partial charge in [-0.3, -0.25) is 4.90 Å². The van der Waals surface area contributed by atoms with Crippen molar-refractivity contribution in [3.05, 3.63) is 66.0 Å². The first-order chi connectivity index (χ1) is 14.3. The van der Waals surface area contributed by atoms with Crippen LogP contribution in [-0.2, 0) is 19.6 Å². The van der Waals surface area contributed by atoms with Crippen LogP contribution < -0.4 is 9.47 Å². The number of hydrogen-bond donors (Lipinski definition) is 0. The number of aromatic nitrogens is 2. The van der Waals surface area contributed by atoms with Gasteiger partial charge in [0.25, 0.3) is 0 Å². The zero-order valence-corrected chi connectivity index (χ0v) is 17.3. The van der Waals surface area contributed by atoms with Crippen LogP contribution in [0.1, 0.15) is 37.9 Å². The first-order valence-corrected chi connectivity index (χ1v) is 10.5. The normalized spacial score (nSPS) is 12.7. The Bertz CT molecular complexity index is 937. The van der Waals surface area contributed by atoms with Crippen LogP contribution in [0, 0.1) is 0 Å². The highest BCUT2D eigenvalue weighted by atomic mass is 16.7. The number of unbranched alkanes of at least 4 members (excludes halogenated alkanes) is 1. The van der Waals surface area contributed by atoms with Crippen molar-refractivity contribution < 1.29 is 9.47 Å². The topological polar surface area (TPSA) is 39.5 Å². The van der Waals surface area contributed by atoms with Gasteiger partial charge in [-0.25, -0.2) is 4.98 Å². The number of nitrogens with zero attached hydrogens (tertiary/aromatic N) is 3. The third-order valence-electron chi connectivity index (χ3n) is 5.38. The molecule has 152 valence electrons. The monoisotopic (exact) mass is 391 g/mol. The molecular weight excluding hydrogens is 362 g/mol. The number of rotatable bonds is 9. The fraction of sp³-hybridized carbons (Fsp3) is 0.375. The molecule has 0 N–H and O–H groups in total. The van der Waals surface area contributed by atoms with Gasteiger partial charge in [0.2, 0.25) is 6.79 Å².